The van der Waals surface area contributed by atoms with Crippen LogP contribution in [0.3, 0.4) is 0 Å². The van der Waals surface area contributed by atoms with Crippen molar-refractivity contribution in [3.05, 3.63) is 47.1 Å². The van der Waals surface area contributed by atoms with Crippen LogP contribution in [0.4, 0.5) is 8.78 Å². The van der Waals surface area contributed by atoms with Gasteiger partial charge < -0.3 is 4.52 Å². The summed E-state index contributed by atoms with van der Waals surface area (Å²) in [5.41, 5.74) is 0.145. The van der Waals surface area contributed by atoms with Crippen LogP contribution in [0.15, 0.2) is 22.7 Å². The van der Waals surface area contributed by atoms with Crippen LogP contribution in [0, 0.1) is 18.6 Å². The lowest BCUT2D eigenvalue weighted by Crippen LogP contribution is -2.48. The smallest absolute Gasteiger partial charge is 0.243 e. The zero-order valence-electron chi connectivity index (χ0n) is 14.2. The highest BCUT2D eigenvalue weighted by Gasteiger charge is 2.29. The molecule has 3 rings (SSSR count). The van der Waals surface area contributed by atoms with Crippen molar-refractivity contribution in [3.8, 4) is 0 Å². The Morgan fingerprint density at radius 3 is 2.04 bits per heavy atom. The maximum atomic E-state index is 14.0. The first-order chi connectivity index (χ1) is 11.5. The number of hydrogen-bond acceptors (Lipinski definition) is 5. The third kappa shape index (κ3) is 3.32. The van der Waals surface area contributed by atoms with Crippen LogP contribution in [0.2, 0.25) is 0 Å². The number of rotatable bonds is 4. The van der Waals surface area contributed by atoms with E-state index in [4.69, 9.17) is 4.52 Å². The second-order valence-electron chi connectivity index (χ2n) is 6.24. The minimum atomic E-state index is -0.486. The molecule has 5 nitrogen and oxygen atoms in total. The average Bonchev–Trinajstić information content (AvgIpc) is 3.00. The zero-order valence-corrected chi connectivity index (χ0v) is 14.2. The summed E-state index contributed by atoms with van der Waals surface area (Å²) < 4.78 is 33.2. The van der Waals surface area contributed by atoms with E-state index in [1.165, 1.54) is 18.2 Å². The highest BCUT2D eigenvalue weighted by molar-refractivity contribution is 5.23. The van der Waals surface area contributed by atoms with Crippen LogP contribution in [0.1, 0.15) is 43.2 Å². The van der Waals surface area contributed by atoms with Gasteiger partial charge in [-0.3, -0.25) is 9.80 Å². The van der Waals surface area contributed by atoms with Gasteiger partial charge in [0, 0.05) is 37.8 Å². The summed E-state index contributed by atoms with van der Waals surface area (Å²) in [7, 11) is 0. The molecule has 1 saturated heterocycles. The molecule has 0 N–H and O–H groups in total. The van der Waals surface area contributed by atoms with Gasteiger partial charge in [0.05, 0.1) is 6.04 Å². The van der Waals surface area contributed by atoms with Gasteiger partial charge in [-0.1, -0.05) is 11.2 Å². The molecule has 130 valence electrons. The molecule has 0 bridgehead atoms. The number of aryl methyl sites for hydroxylation is 1. The number of aromatic nitrogens is 2. The number of halogens is 2. The summed E-state index contributed by atoms with van der Waals surface area (Å²) >= 11 is 0. The van der Waals surface area contributed by atoms with E-state index in [0.717, 1.165) is 26.2 Å². The number of hydrogen-bond donors (Lipinski definition) is 0. The van der Waals surface area contributed by atoms with Gasteiger partial charge in [0.1, 0.15) is 11.6 Å². The quantitative estimate of drug-likeness (QED) is 0.858. The molecule has 0 spiro atoms. The Kier molecular flexibility index (Phi) is 4.91. The molecule has 1 fully saturated rings. The summed E-state index contributed by atoms with van der Waals surface area (Å²) in [6.45, 7) is 8.69. The summed E-state index contributed by atoms with van der Waals surface area (Å²) in [5, 5.41) is 3.83. The fraction of sp³-hybridized carbons (Fsp3) is 0.529. The second kappa shape index (κ2) is 6.94. The lowest BCUT2D eigenvalue weighted by molar-refractivity contribution is 0.0659. The maximum absolute atomic E-state index is 14.0. The van der Waals surface area contributed by atoms with E-state index >= 15 is 0 Å². The van der Waals surface area contributed by atoms with Crippen molar-refractivity contribution in [1.29, 1.82) is 0 Å². The Bertz CT molecular complexity index is 677. The Balaban J connectivity index is 1.64. The van der Waals surface area contributed by atoms with E-state index in [9.17, 15) is 8.78 Å². The first-order valence-electron chi connectivity index (χ1n) is 8.19. The van der Waals surface area contributed by atoms with Gasteiger partial charge in [-0.25, -0.2) is 8.78 Å². The molecule has 1 aliphatic rings. The molecule has 0 saturated carbocycles. The predicted octanol–water partition coefficient (Wildman–Crippen LogP) is 3.10. The molecule has 24 heavy (non-hydrogen) atoms. The lowest BCUT2D eigenvalue weighted by Gasteiger charge is -2.39. The van der Waals surface area contributed by atoms with Crippen LogP contribution >= 0.6 is 0 Å². The van der Waals surface area contributed by atoms with Crippen molar-refractivity contribution in [2.45, 2.75) is 32.9 Å². The van der Waals surface area contributed by atoms with E-state index in [1.807, 2.05) is 13.8 Å². The van der Waals surface area contributed by atoms with E-state index in [1.54, 1.807) is 6.92 Å². The lowest BCUT2D eigenvalue weighted by atomic mass is 10.0. The molecule has 2 atom stereocenters. The number of benzene rings is 1. The second-order valence-corrected chi connectivity index (χ2v) is 6.24. The predicted molar refractivity (Wildman–Crippen MR) is 85.4 cm³/mol. The number of piperazine rings is 1. The first-order valence-corrected chi connectivity index (χ1v) is 8.19. The minimum Gasteiger partial charge on any atom is -0.338 e. The molecule has 1 aliphatic heterocycles. The Labute approximate surface area is 140 Å². The Morgan fingerprint density at radius 1 is 1.00 bits per heavy atom. The van der Waals surface area contributed by atoms with Gasteiger partial charge in [-0.15, -0.1) is 0 Å². The van der Waals surface area contributed by atoms with Crippen LogP contribution in [0.5, 0.6) is 0 Å². The molecule has 0 amide bonds. The molecule has 1 aromatic heterocycles. The normalized spacial score (nSPS) is 19.4. The van der Waals surface area contributed by atoms with Crippen LogP contribution in [0.25, 0.3) is 0 Å². The Hall–Kier alpha value is -1.86. The summed E-state index contributed by atoms with van der Waals surface area (Å²) in [6, 6.07) is 3.76. The number of nitrogens with zero attached hydrogens (tertiary/aromatic N) is 4. The standard InChI is InChI=1S/C17H22F2N4O/c1-11(16-14(18)5-4-6-15(16)19)22-7-9-23(10-8-22)12(2)17-20-13(3)21-24-17/h4-6,11-12H,7-10H2,1-3H3/t11-,12-/m0/s1. The monoisotopic (exact) mass is 336 g/mol. The van der Waals surface area contributed by atoms with Crippen molar-refractivity contribution in [2.24, 2.45) is 0 Å². The van der Waals surface area contributed by atoms with Gasteiger partial charge >= 0.3 is 0 Å². The maximum Gasteiger partial charge on any atom is 0.243 e. The molecule has 2 aromatic rings. The fourth-order valence-electron chi connectivity index (χ4n) is 3.24. The highest BCUT2D eigenvalue weighted by Crippen LogP contribution is 2.28. The van der Waals surface area contributed by atoms with Gasteiger partial charge in [-0.2, -0.15) is 4.98 Å². The highest BCUT2D eigenvalue weighted by atomic mass is 19.1. The SMILES string of the molecule is Cc1noc([C@H](C)N2CCN([C@@H](C)c3c(F)cccc3F)CC2)n1. The molecule has 0 radical (unpaired) electrons. The largest absolute Gasteiger partial charge is 0.338 e. The van der Waals surface area contributed by atoms with E-state index in [0.29, 0.717) is 11.7 Å². The van der Waals surface area contributed by atoms with Gasteiger partial charge in [-0.05, 0) is 32.9 Å². The van der Waals surface area contributed by atoms with E-state index in [-0.39, 0.29) is 17.6 Å². The van der Waals surface area contributed by atoms with E-state index < -0.39 is 11.6 Å². The minimum absolute atomic E-state index is 0.0360. The van der Waals surface area contributed by atoms with Crippen molar-refractivity contribution in [2.75, 3.05) is 26.2 Å². The molecule has 0 aliphatic carbocycles. The van der Waals surface area contributed by atoms with Gasteiger partial charge in [0.15, 0.2) is 5.82 Å². The molecular weight excluding hydrogens is 314 g/mol. The average molecular weight is 336 g/mol. The van der Waals surface area contributed by atoms with Crippen molar-refractivity contribution in [1.82, 2.24) is 19.9 Å². The molecule has 7 heteroatoms. The fourth-order valence-corrected chi connectivity index (χ4v) is 3.24. The molecule has 1 aromatic carbocycles. The molecule has 0 unspecified atom stereocenters. The van der Waals surface area contributed by atoms with Crippen molar-refractivity contribution < 1.29 is 13.3 Å². The van der Waals surface area contributed by atoms with Gasteiger partial charge in [0.25, 0.3) is 0 Å². The van der Waals surface area contributed by atoms with E-state index in [2.05, 4.69) is 19.9 Å². The zero-order chi connectivity index (χ0) is 17.3. The third-order valence-electron chi connectivity index (χ3n) is 4.76. The topological polar surface area (TPSA) is 45.4 Å². The van der Waals surface area contributed by atoms with Crippen molar-refractivity contribution >= 4 is 0 Å². The summed E-state index contributed by atoms with van der Waals surface area (Å²) in [5.74, 6) is 0.257. The summed E-state index contributed by atoms with van der Waals surface area (Å²) in [4.78, 5) is 8.62. The van der Waals surface area contributed by atoms with Crippen LogP contribution in [-0.4, -0.2) is 46.1 Å². The van der Waals surface area contributed by atoms with Gasteiger partial charge in [0.2, 0.25) is 5.89 Å². The molecular formula is C17H22F2N4O. The van der Waals surface area contributed by atoms with Crippen LogP contribution in [-0.2, 0) is 0 Å². The third-order valence-corrected chi connectivity index (χ3v) is 4.76. The first kappa shape index (κ1) is 17.0. The summed E-state index contributed by atoms with van der Waals surface area (Å²) in [6.07, 6.45) is 0. The Morgan fingerprint density at radius 2 is 1.54 bits per heavy atom. The van der Waals surface area contributed by atoms with Crippen LogP contribution < -0.4 is 0 Å². The van der Waals surface area contributed by atoms with Crippen molar-refractivity contribution in [3.63, 3.8) is 0 Å². The molecule has 2 heterocycles.